The Morgan fingerprint density at radius 3 is 2.56 bits per heavy atom. The minimum absolute atomic E-state index is 0.0636. The number of carbonyl (C=O) groups excluding carboxylic acids is 1. The monoisotopic (exact) mass is 258 g/mol. The Labute approximate surface area is 108 Å². The second kappa shape index (κ2) is 9.44. The summed E-state index contributed by atoms with van der Waals surface area (Å²) in [6.07, 6.45) is 0.412. The molecule has 1 amide bonds. The molecule has 5 nitrogen and oxygen atoms in total. The van der Waals surface area contributed by atoms with E-state index < -0.39 is 0 Å². The maximum Gasteiger partial charge on any atom is 0.243 e. The molecule has 0 saturated heterocycles. The zero-order chi connectivity index (χ0) is 14.0. The Morgan fingerprint density at radius 2 is 2.06 bits per heavy atom. The standard InChI is InChI=1S/C12H23FN4O/c1-10(2)8-15-12(14-7-5-6-13)16-9-11(18)17(3)4/h1,5-9H2,2-4H3,(H2,14,15,16). The first-order valence-electron chi connectivity index (χ1n) is 5.90. The number of nitrogens with zero attached hydrogens (tertiary/aromatic N) is 2. The van der Waals surface area contributed by atoms with Gasteiger partial charge in [0, 0.05) is 27.2 Å². The lowest BCUT2D eigenvalue weighted by molar-refractivity contribution is -0.127. The highest BCUT2D eigenvalue weighted by Gasteiger charge is 2.04. The molecule has 104 valence electrons. The van der Waals surface area contributed by atoms with E-state index in [4.69, 9.17) is 0 Å². The number of aliphatic imine (C=N–C) groups is 1. The van der Waals surface area contributed by atoms with E-state index in [1.807, 2.05) is 6.92 Å². The van der Waals surface area contributed by atoms with Gasteiger partial charge in [-0.15, -0.1) is 0 Å². The molecule has 0 rings (SSSR count). The third-order valence-corrected chi connectivity index (χ3v) is 2.03. The molecule has 0 atom stereocenters. The minimum Gasteiger partial charge on any atom is -0.356 e. The Bertz CT molecular complexity index is 302. The molecule has 0 unspecified atom stereocenters. The molecule has 0 aromatic heterocycles. The van der Waals surface area contributed by atoms with Crippen LogP contribution in [0, 0.1) is 0 Å². The quantitative estimate of drug-likeness (QED) is 0.303. The Kier molecular flexibility index (Phi) is 8.61. The Balaban J connectivity index is 4.29. The maximum absolute atomic E-state index is 12.0. The van der Waals surface area contributed by atoms with E-state index in [9.17, 15) is 9.18 Å². The molecule has 0 fully saturated rings. The lowest BCUT2D eigenvalue weighted by Gasteiger charge is -2.13. The zero-order valence-corrected chi connectivity index (χ0v) is 11.4. The summed E-state index contributed by atoms with van der Waals surface area (Å²) in [5.41, 5.74) is 0.953. The van der Waals surface area contributed by atoms with Crippen LogP contribution in [0.25, 0.3) is 0 Å². The van der Waals surface area contributed by atoms with Crippen LogP contribution in [0.2, 0.25) is 0 Å². The summed E-state index contributed by atoms with van der Waals surface area (Å²) < 4.78 is 12.0. The largest absolute Gasteiger partial charge is 0.356 e. The third kappa shape index (κ3) is 8.55. The van der Waals surface area contributed by atoms with Crippen molar-refractivity contribution in [1.29, 1.82) is 0 Å². The van der Waals surface area contributed by atoms with Crippen LogP contribution < -0.4 is 10.6 Å². The van der Waals surface area contributed by atoms with Crippen LogP contribution in [0.1, 0.15) is 13.3 Å². The van der Waals surface area contributed by atoms with Gasteiger partial charge in [0.2, 0.25) is 5.91 Å². The fraction of sp³-hybridized carbons (Fsp3) is 0.667. The number of likely N-dealkylation sites (N-methyl/N-ethyl adjacent to an activating group) is 1. The number of carbonyl (C=O) groups is 1. The lowest BCUT2D eigenvalue weighted by Crippen LogP contribution is -2.39. The fourth-order valence-corrected chi connectivity index (χ4v) is 0.971. The normalized spacial score (nSPS) is 11.0. The topological polar surface area (TPSA) is 56.7 Å². The highest BCUT2D eigenvalue weighted by Crippen LogP contribution is 1.85. The molecule has 2 N–H and O–H groups in total. The van der Waals surface area contributed by atoms with Gasteiger partial charge >= 0.3 is 0 Å². The Hall–Kier alpha value is -1.59. The second-order valence-electron chi connectivity index (χ2n) is 4.23. The Morgan fingerprint density at radius 1 is 1.39 bits per heavy atom. The van der Waals surface area contributed by atoms with Crippen molar-refractivity contribution in [3.63, 3.8) is 0 Å². The van der Waals surface area contributed by atoms with Gasteiger partial charge in [0.1, 0.15) is 6.54 Å². The van der Waals surface area contributed by atoms with Gasteiger partial charge in [-0.05, 0) is 13.3 Å². The van der Waals surface area contributed by atoms with E-state index in [0.717, 1.165) is 5.57 Å². The van der Waals surface area contributed by atoms with E-state index in [2.05, 4.69) is 22.2 Å². The second-order valence-corrected chi connectivity index (χ2v) is 4.23. The van der Waals surface area contributed by atoms with E-state index >= 15 is 0 Å². The zero-order valence-electron chi connectivity index (χ0n) is 11.4. The van der Waals surface area contributed by atoms with Crippen LogP contribution in [0.3, 0.4) is 0 Å². The molecule has 0 aliphatic rings. The van der Waals surface area contributed by atoms with Gasteiger partial charge < -0.3 is 15.5 Å². The summed E-state index contributed by atoms with van der Waals surface area (Å²) in [5, 5.41) is 5.98. The number of halogens is 1. The molecule has 0 radical (unpaired) electrons. The van der Waals surface area contributed by atoms with E-state index in [1.165, 1.54) is 4.90 Å². The van der Waals surface area contributed by atoms with Crippen molar-refractivity contribution in [3.05, 3.63) is 12.2 Å². The average molecular weight is 258 g/mol. The van der Waals surface area contributed by atoms with Crippen molar-refractivity contribution in [2.75, 3.05) is 40.4 Å². The average Bonchev–Trinajstić information content (AvgIpc) is 2.31. The number of nitrogens with one attached hydrogen (secondary N) is 2. The van der Waals surface area contributed by atoms with Crippen LogP contribution in [-0.2, 0) is 4.79 Å². The van der Waals surface area contributed by atoms with Crippen LogP contribution in [0.15, 0.2) is 17.1 Å². The minimum atomic E-state index is -0.378. The molecule has 0 bridgehead atoms. The van der Waals surface area contributed by atoms with Gasteiger partial charge in [0.05, 0.1) is 6.67 Å². The first kappa shape index (κ1) is 16.4. The van der Waals surface area contributed by atoms with Crippen LogP contribution in [0.5, 0.6) is 0 Å². The van der Waals surface area contributed by atoms with Crippen molar-refractivity contribution in [2.45, 2.75) is 13.3 Å². The summed E-state index contributed by atoms with van der Waals surface area (Å²) in [6.45, 7) is 6.39. The van der Waals surface area contributed by atoms with Crippen LogP contribution in [-0.4, -0.2) is 57.2 Å². The summed E-state index contributed by atoms with van der Waals surface area (Å²) in [6, 6.07) is 0. The predicted molar refractivity (Wildman–Crippen MR) is 72.4 cm³/mol. The van der Waals surface area contributed by atoms with Crippen LogP contribution >= 0.6 is 0 Å². The highest BCUT2D eigenvalue weighted by atomic mass is 19.1. The number of amides is 1. The summed E-state index contributed by atoms with van der Waals surface area (Å²) in [5.74, 6) is 0.415. The molecule has 0 heterocycles. The molecular formula is C12H23FN4O. The van der Waals surface area contributed by atoms with Gasteiger partial charge in [-0.2, -0.15) is 0 Å². The predicted octanol–water partition coefficient (Wildman–Crippen LogP) is 0.546. The summed E-state index contributed by atoms with van der Waals surface area (Å²) in [4.78, 5) is 17.0. The van der Waals surface area contributed by atoms with Crippen LogP contribution in [0.4, 0.5) is 4.39 Å². The molecule has 0 aromatic rings. The van der Waals surface area contributed by atoms with Gasteiger partial charge in [-0.3, -0.25) is 9.18 Å². The molecule has 6 heteroatoms. The number of hydrogen-bond donors (Lipinski definition) is 2. The van der Waals surface area contributed by atoms with Crippen molar-refractivity contribution in [3.8, 4) is 0 Å². The number of hydrogen-bond acceptors (Lipinski definition) is 2. The highest BCUT2D eigenvalue weighted by molar-refractivity contribution is 5.84. The number of alkyl halides is 1. The lowest BCUT2D eigenvalue weighted by atomic mass is 10.3. The first-order chi connectivity index (χ1) is 8.47. The fourth-order valence-electron chi connectivity index (χ4n) is 0.971. The van der Waals surface area contributed by atoms with Crippen molar-refractivity contribution in [1.82, 2.24) is 15.5 Å². The van der Waals surface area contributed by atoms with Gasteiger partial charge in [0.25, 0.3) is 0 Å². The van der Waals surface area contributed by atoms with E-state index in [-0.39, 0.29) is 19.1 Å². The van der Waals surface area contributed by atoms with Gasteiger partial charge in [-0.25, -0.2) is 4.99 Å². The molecule has 0 spiro atoms. The molecule has 0 aliphatic carbocycles. The van der Waals surface area contributed by atoms with E-state index in [0.29, 0.717) is 25.5 Å². The van der Waals surface area contributed by atoms with Crippen molar-refractivity contribution in [2.24, 2.45) is 4.99 Å². The van der Waals surface area contributed by atoms with Crippen molar-refractivity contribution < 1.29 is 9.18 Å². The molecule has 0 aliphatic heterocycles. The van der Waals surface area contributed by atoms with E-state index in [1.54, 1.807) is 14.1 Å². The first-order valence-corrected chi connectivity index (χ1v) is 5.90. The number of rotatable bonds is 7. The number of guanidine groups is 1. The van der Waals surface area contributed by atoms with Crippen molar-refractivity contribution >= 4 is 11.9 Å². The molecule has 0 saturated carbocycles. The summed E-state index contributed by atoms with van der Waals surface area (Å²) in [7, 11) is 3.35. The molecular weight excluding hydrogens is 235 g/mol. The van der Waals surface area contributed by atoms with Gasteiger partial charge in [-0.1, -0.05) is 12.2 Å². The SMILES string of the molecule is C=C(C)CNC(=NCC(=O)N(C)C)NCCCF. The van der Waals surface area contributed by atoms with Gasteiger partial charge in [0.15, 0.2) is 5.96 Å². The third-order valence-electron chi connectivity index (χ3n) is 2.03. The molecule has 0 aromatic carbocycles. The maximum atomic E-state index is 12.0. The smallest absolute Gasteiger partial charge is 0.243 e. The molecule has 18 heavy (non-hydrogen) atoms. The summed E-state index contributed by atoms with van der Waals surface area (Å²) >= 11 is 0.